The molecule has 9 heteroatoms. The highest BCUT2D eigenvalue weighted by molar-refractivity contribution is 7.91. The van der Waals surface area contributed by atoms with E-state index >= 15 is 0 Å². The summed E-state index contributed by atoms with van der Waals surface area (Å²) < 4.78 is 28.3. The van der Waals surface area contributed by atoms with Crippen molar-refractivity contribution in [3.63, 3.8) is 0 Å². The summed E-state index contributed by atoms with van der Waals surface area (Å²) in [7, 11) is -2.92. The Labute approximate surface area is 137 Å². The van der Waals surface area contributed by atoms with Gasteiger partial charge in [-0.05, 0) is 13.3 Å². The summed E-state index contributed by atoms with van der Waals surface area (Å²) in [5.74, 6) is 2.02. The highest BCUT2D eigenvalue weighted by atomic mass is 32.2. The van der Waals surface area contributed by atoms with Crippen LogP contribution >= 0.6 is 0 Å². The number of aromatic nitrogens is 2. The summed E-state index contributed by atoms with van der Waals surface area (Å²) in [6, 6.07) is -0.104. The van der Waals surface area contributed by atoms with Gasteiger partial charge in [-0.15, -0.1) is 0 Å². The van der Waals surface area contributed by atoms with Crippen molar-refractivity contribution >= 4 is 15.8 Å². The fourth-order valence-corrected chi connectivity index (χ4v) is 3.87. The van der Waals surface area contributed by atoms with E-state index in [1.807, 2.05) is 27.7 Å². The first-order valence-electron chi connectivity index (χ1n) is 7.78. The van der Waals surface area contributed by atoms with Gasteiger partial charge in [0.15, 0.2) is 21.6 Å². The highest BCUT2D eigenvalue weighted by Crippen LogP contribution is 2.19. The molecule has 0 radical (unpaired) electrons. The van der Waals surface area contributed by atoms with E-state index in [0.29, 0.717) is 30.6 Å². The molecule has 1 aliphatic rings. The monoisotopic (exact) mass is 343 g/mol. The van der Waals surface area contributed by atoms with Crippen molar-refractivity contribution in [2.45, 2.75) is 52.1 Å². The van der Waals surface area contributed by atoms with Crippen molar-refractivity contribution in [3.8, 4) is 0 Å². The zero-order chi connectivity index (χ0) is 17.1. The van der Waals surface area contributed by atoms with Gasteiger partial charge in [-0.3, -0.25) is 0 Å². The van der Waals surface area contributed by atoms with Gasteiger partial charge in [-0.2, -0.15) is 4.98 Å². The fourth-order valence-electron chi connectivity index (χ4n) is 2.19. The van der Waals surface area contributed by atoms with Crippen LogP contribution in [0, 0.1) is 0 Å². The minimum absolute atomic E-state index is 0.104. The number of guanidine groups is 1. The average Bonchev–Trinajstić information content (AvgIpc) is 3.02. The molecule has 0 aliphatic carbocycles. The smallest absolute Gasteiger partial charge is 0.232 e. The lowest BCUT2D eigenvalue weighted by atomic mass is 9.97. The number of hydrogen-bond acceptors (Lipinski definition) is 6. The van der Waals surface area contributed by atoms with Crippen molar-refractivity contribution in [1.82, 2.24) is 20.8 Å². The average molecular weight is 343 g/mol. The molecule has 0 amide bonds. The highest BCUT2D eigenvalue weighted by Gasteiger charge is 2.28. The molecule has 23 heavy (non-hydrogen) atoms. The Morgan fingerprint density at radius 2 is 2.17 bits per heavy atom. The van der Waals surface area contributed by atoms with E-state index in [2.05, 4.69) is 25.8 Å². The van der Waals surface area contributed by atoms with Gasteiger partial charge in [0.2, 0.25) is 5.89 Å². The van der Waals surface area contributed by atoms with Crippen LogP contribution in [0.2, 0.25) is 0 Å². The number of aliphatic imine (C=N–C) groups is 1. The van der Waals surface area contributed by atoms with E-state index in [4.69, 9.17) is 4.52 Å². The van der Waals surface area contributed by atoms with Crippen molar-refractivity contribution in [2.75, 3.05) is 18.1 Å². The van der Waals surface area contributed by atoms with Crippen LogP contribution in [0.1, 0.15) is 45.8 Å². The van der Waals surface area contributed by atoms with Gasteiger partial charge in [0.05, 0.1) is 11.5 Å². The van der Waals surface area contributed by atoms with Crippen LogP contribution in [0.4, 0.5) is 0 Å². The van der Waals surface area contributed by atoms with E-state index < -0.39 is 9.84 Å². The van der Waals surface area contributed by atoms with Crippen molar-refractivity contribution in [2.24, 2.45) is 4.99 Å². The third kappa shape index (κ3) is 5.19. The van der Waals surface area contributed by atoms with Gasteiger partial charge in [0.1, 0.15) is 6.54 Å². The molecule has 1 aliphatic heterocycles. The molecule has 2 rings (SSSR count). The lowest BCUT2D eigenvalue weighted by Gasteiger charge is -2.15. The Bertz CT molecular complexity index is 660. The summed E-state index contributed by atoms with van der Waals surface area (Å²) in [5.41, 5.74) is -0.198. The molecule has 1 atom stereocenters. The molecule has 1 aromatic heterocycles. The topological polar surface area (TPSA) is 109 Å². The Hall–Kier alpha value is -1.64. The largest absolute Gasteiger partial charge is 0.357 e. The lowest BCUT2D eigenvalue weighted by molar-refractivity contribution is 0.318. The third-order valence-corrected chi connectivity index (χ3v) is 5.17. The SMILES string of the molecule is CCNC(=NCc1noc(C(C)(C)C)n1)NC1CCS(=O)(=O)C1. The minimum Gasteiger partial charge on any atom is -0.357 e. The van der Waals surface area contributed by atoms with Crippen LogP contribution in [0.5, 0.6) is 0 Å². The maximum absolute atomic E-state index is 11.5. The summed E-state index contributed by atoms with van der Waals surface area (Å²) >= 11 is 0. The van der Waals surface area contributed by atoms with E-state index in [-0.39, 0.29) is 29.5 Å². The maximum Gasteiger partial charge on any atom is 0.232 e. The molecule has 1 unspecified atom stereocenters. The summed E-state index contributed by atoms with van der Waals surface area (Å²) in [5, 5.41) is 10.2. The zero-order valence-electron chi connectivity index (χ0n) is 14.1. The molecule has 0 saturated carbocycles. The molecule has 0 spiro atoms. The van der Waals surface area contributed by atoms with E-state index in [0.717, 1.165) is 0 Å². The number of rotatable bonds is 4. The van der Waals surface area contributed by atoms with Crippen molar-refractivity contribution in [1.29, 1.82) is 0 Å². The molecule has 1 saturated heterocycles. The quantitative estimate of drug-likeness (QED) is 0.609. The maximum atomic E-state index is 11.5. The van der Waals surface area contributed by atoms with Crippen LogP contribution in [0.15, 0.2) is 9.52 Å². The molecule has 2 heterocycles. The zero-order valence-corrected chi connectivity index (χ0v) is 14.9. The van der Waals surface area contributed by atoms with Gasteiger partial charge < -0.3 is 15.2 Å². The molecular formula is C14H25N5O3S. The number of sulfone groups is 1. The second-order valence-corrected chi connectivity index (χ2v) is 8.93. The van der Waals surface area contributed by atoms with Crippen LogP contribution in [0.25, 0.3) is 0 Å². The number of hydrogen-bond donors (Lipinski definition) is 2. The predicted molar refractivity (Wildman–Crippen MR) is 88.0 cm³/mol. The van der Waals surface area contributed by atoms with Crippen LogP contribution in [-0.2, 0) is 21.8 Å². The van der Waals surface area contributed by atoms with Gasteiger partial charge in [0.25, 0.3) is 0 Å². The molecule has 8 nitrogen and oxygen atoms in total. The summed E-state index contributed by atoms with van der Waals surface area (Å²) in [6.07, 6.45) is 0.600. The molecular weight excluding hydrogens is 318 g/mol. The first kappa shape index (κ1) is 17.7. The lowest BCUT2D eigenvalue weighted by Crippen LogP contribution is -2.44. The molecule has 0 aromatic carbocycles. The van der Waals surface area contributed by atoms with E-state index in [1.54, 1.807) is 0 Å². The van der Waals surface area contributed by atoms with Gasteiger partial charge >= 0.3 is 0 Å². The second kappa shape index (κ2) is 6.86. The minimum atomic E-state index is -2.92. The van der Waals surface area contributed by atoms with Crippen LogP contribution < -0.4 is 10.6 Å². The molecule has 0 bridgehead atoms. The Kier molecular flexibility index (Phi) is 5.28. The van der Waals surface area contributed by atoms with Crippen LogP contribution in [-0.4, -0.2) is 48.6 Å². The molecule has 2 N–H and O–H groups in total. The van der Waals surface area contributed by atoms with Gasteiger partial charge in [-0.25, -0.2) is 13.4 Å². The predicted octanol–water partition coefficient (Wildman–Crippen LogP) is 0.609. The van der Waals surface area contributed by atoms with Gasteiger partial charge in [0, 0.05) is 18.0 Å². The summed E-state index contributed by atoms with van der Waals surface area (Å²) in [6.45, 7) is 8.91. The normalized spacial score (nSPS) is 21.4. The standard InChI is InChI=1S/C14H25N5O3S/c1-5-15-13(17-10-6-7-23(20,21)9-10)16-8-11-18-12(22-19-11)14(2,3)4/h10H,5-9H2,1-4H3,(H2,15,16,17). The summed E-state index contributed by atoms with van der Waals surface area (Å²) in [4.78, 5) is 8.74. The second-order valence-electron chi connectivity index (χ2n) is 6.71. The Morgan fingerprint density at radius 3 is 2.70 bits per heavy atom. The Morgan fingerprint density at radius 1 is 1.43 bits per heavy atom. The van der Waals surface area contributed by atoms with E-state index in [9.17, 15) is 8.42 Å². The molecule has 1 aromatic rings. The van der Waals surface area contributed by atoms with E-state index in [1.165, 1.54) is 0 Å². The molecule has 1 fully saturated rings. The molecule has 130 valence electrons. The first-order valence-corrected chi connectivity index (χ1v) is 9.60. The number of nitrogens with one attached hydrogen (secondary N) is 2. The van der Waals surface area contributed by atoms with Crippen LogP contribution in [0.3, 0.4) is 0 Å². The first-order chi connectivity index (χ1) is 10.7. The van der Waals surface area contributed by atoms with Crippen molar-refractivity contribution in [3.05, 3.63) is 11.7 Å². The third-order valence-electron chi connectivity index (χ3n) is 3.41. The fraction of sp³-hybridized carbons (Fsp3) is 0.786. The number of nitrogens with zero attached hydrogens (tertiary/aromatic N) is 3. The van der Waals surface area contributed by atoms with Gasteiger partial charge in [-0.1, -0.05) is 25.9 Å². The Balaban J connectivity index is 2.00. The van der Waals surface area contributed by atoms with Crippen molar-refractivity contribution < 1.29 is 12.9 Å².